The molecule has 1 aromatic carbocycles. The van der Waals surface area contributed by atoms with E-state index in [1.165, 1.54) is 6.92 Å². The van der Waals surface area contributed by atoms with Gasteiger partial charge in [-0.05, 0) is 36.4 Å². The maximum absolute atomic E-state index is 12.5. The summed E-state index contributed by atoms with van der Waals surface area (Å²) in [5, 5.41) is 9.02. The van der Waals surface area contributed by atoms with Gasteiger partial charge in [-0.2, -0.15) is 27.2 Å². The molecule has 0 aliphatic carbocycles. The highest BCUT2D eigenvalue weighted by Crippen LogP contribution is 2.40. The van der Waals surface area contributed by atoms with Crippen molar-refractivity contribution in [3.8, 4) is 11.8 Å². The summed E-state index contributed by atoms with van der Waals surface area (Å²) in [4.78, 5) is 11.0. The Morgan fingerprint density at radius 3 is 2.52 bits per heavy atom. The van der Waals surface area contributed by atoms with Crippen LogP contribution in [-0.4, -0.2) is 24.7 Å². The van der Waals surface area contributed by atoms with E-state index in [-0.39, 0.29) is 12.2 Å². The van der Waals surface area contributed by atoms with Gasteiger partial charge in [0.05, 0.1) is 18.6 Å². The summed E-state index contributed by atoms with van der Waals surface area (Å²) < 4.78 is 70.8. The predicted molar refractivity (Wildman–Crippen MR) is 70.0 cm³/mol. The van der Waals surface area contributed by atoms with Gasteiger partial charge in [0.2, 0.25) is 0 Å². The van der Waals surface area contributed by atoms with Gasteiger partial charge in [-0.25, -0.2) is 0 Å². The van der Waals surface area contributed by atoms with Crippen LogP contribution in [0.5, 0.6) is 5.75 Å². The SMILES string of the molecule is CCOC(=O)Cc1cc(SC(F)(F)F)cc(OC(F)F)c1C#N. The van der Waals surface area contributed by atoms with Crippen molar-refractivity contribution in [3.05, 3.63) is 23.3 Å². The minimum Gasteiger partial charge on any atom is -0.466 e. The number of nitrogens with zero attached hydrogens (tertiary/aromatic N) is 1. The Kier molecular flexibility index (Phi) is 6.62. The van der Waals surface area contributed by atoms with Gasteiger partial charge in [-0.1, -0.05) is 0 Å². The monoisotopic (exact) mass is 355 g/mol. The van der Waals surface area contributed by atoms with E-state index in [9.17, 15) is 26.7 Å². The fraction of sp³-hybridized carbons (Fsp3) is 0.385. The predicted octanol–water partition coefficient (Wildman–Crippen LogP) is 3.88. The van der Waals surface area contributed by atoms with Crippen LogP contribution in [-0.2, 0) is 16.0 Å². The van der Waals surface area contributed by atoms with Crippen LogP contribution in [0.3, 0.4) is 0 Å². The number of hydrogen-bond donors (Lipinski definition) is 0. The third kappa shape index (κ3) is 6.32. The summed E-state index contributed by atoms with van der Waals surface area (Å²) >= 11 is -0.571. The number of esters is 1. The van der Waals surface area contributed by atoms with E-state index in [0.29, 0.717) is 6.07 Å². The average Bonchev–Trinajstić information content (AvgIpc) is 2.36. The number of hydrogen-bond acceptors (Lipinski definition) is 5. The van der Waals surface area contributed by atoms with Gasteiger partial charge in [-0.15, -0.1) is 0 Å². The highest BCUT2D eigenvalue weighted by molar-refractivity contribution is 8.00. The molecule has 1 aromatic rings. The normalized spacial score (nSPS) is 11.2. The van der Waals surface area contributed by atoms with Crippen LogP contribution in [0, 0.1) is 11.3 Å². The van der Waals surface area contributed by atoms with Crippen molar-refractivity contribution in [2.24, 2.45) is 0 Å². The molecule has 0 unspecified atom stereocenters. The summed E-state index contributed by atoms with van der Waals surface area (Å²) in [6.45, 7) is -1.79. The lowest BCUT2D eigenvalue weighted by Gasteiger charge is -2.14. The van der Waals surface area contributed by atoms with Gasteiger partial charge < -0.3 is 9.47 Å². The molecule has 0 spiro atoms. The maximum atomic E-state index is 12.5. The minimum atomic E-state index is -4.67. The maximum Gasteiger partial charge on any atom is 0.446 e. The molecular formula is C13H10F5NO3S. The summed E-state index contributed by atoms with van der Waals surface area (Å²) in [5.74, 6) is -1.53. The van der Waals surface area contributed by atoms with Gasteiger partial charge >= 0.3 is 18.1 Å². The Morgan fingerprint density at radius 1 is 1.39 bits per heavy atom. The Labute approximate surface area is 132 Å². The van der Waals surface area contributed by atoms with E-state index < -0.39 is 52.5 Å². The second-order valence-corrected chi connectivity index (χ2v) is 5.11. The molecule has 4 nitrogen and oxygen atoms in total. The molecular weight excluding hydrogens is 345 g/mol. The van der Waals surface area contributed by atoms with E-state index in [2.05, 4.69) is 9.47 Å². The number of rotatable bonds is 6. The van der Waals surface area contributed by atoms with Crippen molar-refractivity contribution >= 4 is 17.7 Å². The smallest absolute Gasteiger partial charge is 0.446 e. The Morgan fingerprint density at radius 2 is 2.04 bits per heavy atom. The van der Waals surface area contributed by atoms with Crippen LogP contribution in [0.2, 0.25) is 0 Å². The summed E-state index contributed by atoms with van der Waals surface area (Å²) in [6.07, 6.45) is -0.539. The molecule has 0 bridgehead atoms. The Balaban J connectivity index is 3.30. The lowest BCUT2D eigenvalue weighted by Crippen LogP contribution is -2.11. The van der Waals surface area contributed by atoms with Crippen molar-refractivity contribution in [2.75, 3.05) is 6.61 Å². The molecule has 0 atom stereocenters. The van der Waals surface area contributed by atoms with Crippen molar-refractivity contribution < 1.29 is 36.2 Å². The second-order valence-electron chi connectivity index (χ2n) is 3.98. The van der Waals surface area contributed by atoms with Crippen molar-refractivity contribution in [2.45, 2.75) is 30.4 Å². The summed E-state index contributed by atoms with van der Waals surface area (Å²) in [5.41, 5.74) is -5.29. The fourth-order valence-corrected chi connectivity index (χ4v) is 2.29. The standard InChI is InChI=1S/C13H10F5NO3S/c1-2-21-11(20)4-7-3-8(23-13(16,17)18)5-10(9(7)6-19)22-12(14)15/h3,5,12H,2,4H2,1H3. The van der Waals surface area contributed by atoms with E-state index in [0.717, 1.165) is 6.07 Å². The molecule has 126 valence electrons. The number of benzene rings is 1. The fourth-order valence-electron chi connectivity index (χ4n) is 1.66. The van der Waals surface area contributed by atoms with Gasteiger partial charge in [0.1, 0.15) is 11.8 Å². The molecule has 0 fully saturated rings. The van der Waals surface area contributed by atoms with E-state index in [1.807, 2.05) is 0 Å². The molecule has 0 aliphatic heterocycles. The Bertz CT molecular complexity index is 613. The van der Waals surface area contributed by atoms with Crippen LogP contribution < -0.4 is 4.74 Å². The molecule has 10 heteroatoms. The van der Waals surface area contributed by atoms with Crippen LogP contribution in [0.25, 0.3) is 0 Å². The molecule has 0 N–H and O–H groups in total. The second kappa shape index (κ2) is 8.01. The zero-order valence-electron chi connectivity index (χ0n) is 11.6. The van der Waals surface area contributed by atoms with E-state index in [1.54, 1.807) is 6.07 Å². The topological polar surface area (TPSA) is 59.3 Å². The quantitative estimate of drug-likeness (QED) is 0.440. The van der Waals surface area contributed by atoms with Gasteiger partial charge in [-0.3, -0.25) is 4.79 Å². The number of nitriles is 1. The van der Waals surface area contributed by atoms with E-state index in [4.69, 9.17) is 5.26 Å². The first-order chi connectivity index (χ1) is 10.7. The number of thioether (sulfide) groups is 1. The molecule has 0 saturated heterocycles. The largest absolute Gasteiger partial charge is 0.466 e. The van der Waals surface area contributed by atoms with Crippen LogP contribution >= 0.6 is 11.8 Å². The molecule has 0 heterocycles. The first-order valence-corrected chi connectivity index (χ1v) is 6.91. The third-order valence-corrected chi connectivity index (χ3v) is 3.06. The number of carbonyl (C=O) groups is 1. The first kappa shape index (κ1) is 19.0. The molecule has 0 aliphatic rings. The Hall–Kier alpha value is -2.02. The first-order valence-electron chi connectivity index (χ1n) is 6.09. The molecule has 0 amide bonds. The molecule has 23 heavy (non-hydrogen) atoms. The van der Waals surface area contributed by atoms with Crippen LogP contribution in [0.15, 0.2) is 17.0 Å². The van der Waals surface area contributed by atoms with Gasteiger partial charge in [0, 0.05) is 4.90 Å². The highest BCUT2D eigenvalue weighted by Gasteiger charge is 2.30. The third-order valence-electron chi connectivity index (χ3n) is 2.36. The zero-order valence-corrected chi connectivity index (χ0v) is 12.4. The molecule has 0 saturated carbocycles. The van der Waals surface area contributed by atoms with Crippen molar-refractivity contribution in [1.29, 1.82) is 5.26 Å². The molecule has 0 radical (unpaired) electrons. The van der Waals surface area contributed by atoms with Crippen molar-refractivity contribution in [1.82, 2.24) is 0 Å². The van der Waals surface area contributed by atoms with Gasteiger partial charge in [0.15, 0.2) is 0 Å². The summed E-state index contributed by atoms with van der Waals surface area (Å²) in [6, 6.07) is 3.15. The minimum absolute atomic E-state index is 0.0259. The van der Waals surface area contributed by atoms with Gasteiger partial charge in [0.25, 0.3) is 0 Å². The molecule has 1 rings (SSSR count). The van der Waals surface area contributed by atoms with Crippen molar-refractivity contribution in [3.63, 3.8) is 0 Å². The number of halogens is 5. The zero-order chi connectivity index (χ0) is 17.6. The average molecular weight is 355 g/mol. The highest BCUT2D eigenvalue weighted by atomic mass is 32.2. The number of carbonyl (C=O) groups excluding carboxylic acids is 1. The summed E-state index contributed by atoms with van der Waals surface area (Å²) in [7, 11) is 0. The molecule has 0 aromatic heterocycles. The van der Waals surface area contributed by atoms with Crippen LogP contribution in [0.1, 0.15) is 18.1 Å². The number of alkyl halides is 5. The van der Waals surface area contributed by atoms with E-state index >= 15 is 0 Å². The number of ether oxygens (including phenoxy) is 2. The lowest BCUT2D eigenvalue weighted by atomic mass is 10.0. The van der Waals surface area contributed by atoms with Crippen LogP contribution in [0.4, 0.5) is 22.0 Å². The lowest BCUT2D eigenvalue weighted by molar-refractivity contribution is -0.142.